The molecule has 0 heterocycles. The lowest BCUT2D eigenvalue weighted by molar-refractivity contribution is -0.120. The Labute approximate surface area is 151 Å². The van der Waals surface area contributed by atoms with Gasteiger partial charge in [0, 0.05) is 10.6 Å². The molecule has 2 aromatic carbocycles. The molecule has 25 heavy (non-hydrogen) atoms. The van der Waals surface area contributed by atoms with Crippen molar-refractivity contribution in [3.63, 3.8) is 0 Å². The summed E-state index contributed by atoms with van der Waals surface area (Å²) in [5, 5.41) is 6.83. The van der Waals surface area contributed by atoms with E-state index >= 15 is 0 Å². The molecule has 128 valence electrons. The number of allylic oxidation sites excluding steroid dienone is 1. The highest BCUT2D eigenvalue weighted by atomic mass is 35.5. The van der Waals surface area contributed by atoms with Crippen LogP contribution in [0.25, 0.3) is 6.08 Å². The zero-order chi connectivity index (χ0) is 18.1. The summed E-state index contributed by atoms with van der Waals surface area (Å²) < 4.78 is 0. The molecule has 0 fully saturated rings. The second-order valence-corrected chi connectivity index (χ2v) is 5.72. The smallest absolute Gasteiger partial charge is 0.259 e. The molecule has 2 N–H and O–H groups in total. The highest BCUT2D eigenvalue weighted by molar-refractivity contribution is 6.30. The number of hydrogen-bond donors (Lipinski definition) is 2. The van der Waals surface area contributed by atoms with E-state index in [0.717, 1.165) is 11.1 Å². The first-order valence-corrected chi connectivity index (χ1v) is 8.01. The Bertz CT molecular complexity index is 801. The number of carbonyl (C=O) groups is 2. The van der Waals surface area contributed by atoms with Gasteiger partial charge in [0.15, 0.2) is 0 Å². The van der Waals surface area contributed by atoms with Crippen LogP contribution in [0.15, 0.2) is 65.3 Å². The van der Waals surface area contributed by atoms with Gasteiger partial charge in [0.2, 0.25) is 0 Å². The highest BCUT2D eigenvalue weighted by Crippen LogP contribution is 2.10. The number of halogens is 1. The number of amides is 2. The molecule has 0 aliphatic carbocycles. The summed E-state index contributed by atoms with van der Waals surface area (Å²) in [4.78, 5) is 23.6. The van der Waals surface area contributed by atoms with E-state index < -0.39 is 5.91 Å². The van der Waals surface area contributed by atoms with Gasteiger partial charge in [0.05, 0.1) is 12.8 Å². The van der Waals surface area contributed by atoms with Gasteiger partial charge in [-0.05, 0) is 36.3 Å². The first-order valence-electron chi connectivity index (χ1n) is 7.63. The van der Waals surface area contributed by atoms with E-state index in [2.05, 4.69) is 15.8 Å². The first kappa shape index (κ1) is 18.4. The molecule has 0 saturated carbocycles. The third-order valence-electron chi connectivity index (χ3n) is 3.15. The van der Waals surface area contributed by atoms with Gasteiger partial charge in [-0.3, -0.25) is 9.59 Å². The average Bonchev–Trinajstić information content (AvgIpc) is 2.60. The number of benzene rings is 2. The van der Waals surface area contributed by atoms with Crippen LogP contribution in [0.1, 0.15) is 22.8 Å². The maximum absolute atomic E-state index is 11.9. The number of hydrogen-bond acceptors (Lipinski definition) is 3. The molecule has 0 aromatic heterocycles. The van der Waals surface area contributed by atoms with Crippen molar-refractivity contribution in [1.29, 1.82) is 0 Å². The van der Waals surface area contributed by atoms with Gasteiger partial charge in [0.1, 0.15) is 0 Å². The van der Waals surface area contributed by atoms with Crippen molar-refractivity contribution in [3.05, 3.63) is 76.3 Å². The van der Waals surface area contributed by atoms with Crippen molar-refractivity contribution in [2.75, 3.05) is 6.54 Å². The van der Waals surface area contributed by atoms with Crippen LogP contribution in [-0.4, -0.2) is 24.6 Å². The summed E-state index contributed by atoms with van der Waals surface area (Å²) in [5.41, 5.74) is 4.69. The maximum atomic E-state index is 11.9. The molecule has 0 saturated heterocycles. The average molecular weight is 356 g/mol. The van der Waals surface area contributed by atoms with Crippen LogP contribution in [0, 0.1) is 0 Å². The predicted octanol–water partition coefficient (Wildman–Crippen LogP) is 3.28. The fourth-order valence-electron chi connectivity index (χ4n) is 1.99. The van der Waals surface area contributed by atoms with Crippen LogP contribution < -0.4 is 10.7 Å². The number of rotatable bonds is 6. The first-order chi connectivity index (χ1) is 12.0. The van der Waals surface area contributed by atoms with Gasteiger partial charge >= 0.3 is 0 Å². The van der Waals surface area contributed by atoms with Gasteiger partial charge < -0.3 is 5.32 Å². The molecular weight excluding hydrogens is 338 g/mol. The molecule has 2 rings (SSSR count). The van der Waals surface area contributed by atoms with Crippen molar-refractivity contribution in [1.82, 2.24) is 10.7 Å². The topological polar surface area (TPSA) is 70.6 Å². The maximum Gasteiger partial charge on any atom is 0.259 e. The predicted molar refractivity (Wildman–Crippen MR) is 101 cm³/mol. The summed E-state index contributed by atoms with van der Waals surface area (Å²) in [7, 11) is 0. The van der Waals surface area contributed by atoms with Crippen molar-refractivity contribution < 1.29 is 9.59 Å². The van der Waals surface area contributed by atoms with Crippen LogP contribution >= 0.6 is 11.6 Å². The second kappa shape index (κ2) is 9.39. The lowest BCUT2D eigenvalue weighted by Crippen LogP contribution is -2.34. The van der Waals surface area contributed by atoms with E-state index in [0.29, 0.717) is 10.6 Å². The van der Waals surface area contributed by atoms with Gasteiger partial charge in [-0.15, -0.1) is 0 Å². The van der Waals surface area contributed by atoms with Gasteiger partial charge in [-0.2, -0.15) is 5.10 Å². The van der Waals surface area contributed by atoms with Crippen LogP contribution in [-0.2, 0) is 4.79 Å². The Morgan fingerprint density at radius 2 is 1.88 bits per heavy atom. The molecule has 2 aromatic rings. The summed E-state index contributed by atoms with van der Waals surface area (Å²) in [6, 6.07) is 16.3. The zero-order valence-corrected chi connectivity index (χ0v) is 14.5. The molecule has 0 unspecified atom stereocenters. The summed E-state index contributed by atoms with van der Waals surface area (Å²) >= 11 is 5.82. The quantitative estimate of drug-likeness (QED) is 0.616. The van der Waals surface area contributed by atoms with Crippen LogP contribution in [0.2, 0.25) is 5.02 Å². The zero-order valence-electron chi connectivity index (χ0n) is 13.7. The molecule has 0 spiro atoms. The van der Waals surface area contributed by atoms with Crippen LogP contribution in [0.5, 0.6) is 0 Å². The Kier molecular flexibility index (Phi) is 6.92. The number of carbonyl (C=O) groups excluding carboxylic acids is 2. The largest absolute Gasteiger partial charge is 0.343 e. The van der Waals surface area contributed by atoms with E-state index in [9.17, 15) is 9.59 Å². The lowest BCUT2D eigenvalue weighted by Gasteiger charge is -2.04. The van der Waals surface area contributed by atoms with Crippen molar-refractivity contribution in [2.45, 2.75) is 6.92 Å². The lowest BCUT2D eigenvalue weighted by atomic mass is 10.1. The van der Waals surface area contributed by atoms with Crippen LogP contribution in [0.4, 0.5) is 0 Å². The second-order valence-electron chi connectivity index (χ2n) is 5.29. The molecule has 6 heteroatoms. The molecule has 5 nitrogen and oxygen atoms in total. The SMILES string of the molecule is CC(=C/c1ccccc1)/C=N/NC(=O)CNC(=O)c1cccc(Cl)c1. The molecular formula is C19H18ClN3O2. The minimum Gasteiger partial charge on any atom is -0.343 e. The summed E-state index contributed by atoms with van der Waals surface area (Å²) in [6.45, 7) is 1.70. The molecule has 0 atom stereocenters. The minimum atomic E-state index is -0.417. The molecule has 0 aliphatic rings. The number of nitrogens with zero attached hydrogens (tertiary/aromatic N) is 1. The van der Waals surface area contributed by atoms with Gasteiger partial charge in [-0.25, -0.2) is 5.43 Å². The highest BCUT2D eigenvalue weighted by Gasteiger charge is 2.07. The fourth-order valence-corrected chi connectivity index (χ4v) is 2.18. The Morgan fingerprint density at radius 1 is 1.12 bits per heavy atom. The summed E-state index contributed by atoms with van der Waals surface area (Å²) in [5.74, 6) is -0.791. The third kappa shape index (κ3) is 6.61. The molecule has 0 bridgehead atoms. The van der Waals surface area contributed by atoms with E-state index in [1.807, 2.05) is 43.3 Å². The van der Waals surface area contributed by atoms with Gasteiger partial charge in [0.25, 0.3) is 11.8 Å². The summed E-state index contributed by atoms with van der Waals surface area (Å²) in [6.07, 6.45) is 3.49. The van der Waals surface area contributed by atoms with E-state index in [1.165, 1.54) is 6.07 Å². The van der Waals surface area contributed by atoms with Crippen molar-refractivity contribution in [2.24, 2.45) is 5.10 Å². The van der Waals surface area contributed by atoms with Crippen molar-refractivity contribution in [3.8, 4) is 0 Å². The normalized spacial score (nSPS) is 11.4. The van der Waals surface area contributed by atoms with E-state index in [-0.39, 0.29) is 12.5 Å². The van der Waals surface area contributed by atoms with Crippen LogP contribution in [0.3, 0.4) is 0 Å². The van der Waals surface area contributed by atoms with Crippen molar-refractivity contribution >= 4 is 35.7 Å². The monoisotopic (exact) mass is 355 g/mol. The standard InChI is InChI=1S/C19H18ClN3O2/c1-14(10-15-6-3-2-4-7-15)12-22-23-18(24)13-21-19(25)16-8-5-9-17(20)11-16/h2-12H,13H2,1H3,(H,21,25)(H,23,24)/b14-10-,22-12+. The Hall–Kier alpha value is -2.92. The third-order valence-corrected chi connectivity index (χ3v) is 3.38. The van der Waals surface area contributed by atoms with E-state index in [1.54, 1.807) is 24.4 Å². The molecule has 2 amide bonds. The van der Waals surface area contributed by atoms with E-state index in [4.69, 9.17) is 11.6 Å². The minimum absolute atomic E-state index is 0.176. The number of nitrogens with one attached hydrogen (secondary N) is 2. The fraction of sp³-hybridized carbons (Fsp3) is 0.105. The Balaban J connectivity index is 1.78. The Morgan fingerprint density at radius 3 is 2.60 bits per heavy atom. The molecule has 0 aliphatic heterocycles. The van der Waals surface area contributed by atoms with Gasteiger partial charge in [-0.1, -0.05) is 54.1 Å². The number of hydrazone groups is 1. The molecule has 0 radical (unpaired) electrons.